The fourth-order valence-electron chi connectivity index (χ4n) is 2.82. The maximum atomic E-state index is 11.4. The second-order valence-corrected chi connectivity index (χ2v) is 5.35. The molecule has 0 aliphatic carbocycles. The van der Waals surface area contributed by atoms with E-state index in [4.69, 9.17) is 18.9 Å². The fraction of sp³-hybridized carbons (Fsp3) is 0.211. The molecule has 1 heterocycles. The molecule has 0 unspecified atom stereocenters. The minimum atomic E-state index is 0.189. The van der Waals surface area contributed by atoms with E-state index in [-0.39, 0.29) is 6.79 Å². The molecule has 0 spiro atoms. The predicted molar refractivity (Wildman–Crippen MR) is 94.7 cm³/mol. The number of aldehydes is 1. The standard InChI is InChI=1S/C19H19NO5/c1-22-11-25-14-6-4-12(5-7-14)15-8-16(23-2)18-17(19(15)24-3)13(10-21)9-20-18/h4-10,20H,11H2,1-3H3. The lowest BCUT2D eigenvalue weighted by Gasteiger charge is -2.14. The Labute approximate surface area is 145 Å². The van der Waals surface area contributed by atoms with Gasteiger partial charge in [-0.15, -0.1) is 0 Å². The molecule has 0 fully saturated rings. The molecule has 6 nitrogen and oxygen atoms in total. The van der Waals surface area contributed by atoms with E-state index < -0.39 is 0 Å². The fourth-order valence-corrected chi connectivity index (χ4v) is 2.82. The number of fused-ring (bicyclic) bond motifs is 1. The van der Waals surface area contributed by atoms with Crippen LogP contribution in [0.5, 0.6) is 17.2 Å². The minimum absolute atomic E-state index is 0.189. The minimum Gasteiger partial charge on any atom is -0.495 e. The highest BCUT2D eigenvalue weighted by molar-refractivity contribution is 6.06. The smallest absolute Gasteiger partial charge is 0.188 e. The number of aromatic nitrogens is 1. The molecule has 1 N–H and O–H groups in total. The van der Waals surface area contributed by atoms with Crippen molar-refractivity contribution < 1.29 is 23.7 Å². The highest BCUT2D eigenvalue weighted by atomic mass is 16.7. The van der Waals surface area contributed by atoms with Crippen molar-refractivity contribution >= 4 is 17.2 Å². The first-order chi connectivity index (χ1) is 12.2. The summed E-state index contributed by atoms with van der Waals surface area (Å²) in [5.41, 5.74) is 2.99. The molecule has 3 rings (SSSR count). The Kier molecular flexibility index (Phi) is 4.90. The molecule has 3 aromatic rings. The quantitative estimate of drug-likeness (QED) is 0.525. The van der Waals surface area contributed by atoms with Crippen LogP contribution in [0.15, 0.2) is 36.5 Å². The first kappa shape index (κ1) is 16.9. The van der Waals surface area contributed by atoms with E-state index in [1.165, 1.54) is 0 Å². The maximum Gasteiger partial charge on any atom is 0.188 e. The zero-order valence-corrected chi connectivity index (χ0v) is 14.3. The number of aromatic amines is 1. The van der Waals surface area contributed by atoms with Crippen LogP contribution in [0.25, 0.3) is 22.0 Å². The monoisotopic (exact) mass is 341 g/mol. The van der Waals surface area contributed by atoms with Crippen LogP contribution < -0.4 is 14.2 Å². The summed E-state index contributed by atoms with van der Waals surface area (Å²) in [6.45, 7) is 0.189. The van der Waals surface area contributed by atoms with Gasteiger partial charge in [-0.1, -0.05) is 12.1 Å². The molecule has 0 saturated carbocycles. The number of hydrogen-bond donors (Lipinski definition) is 1. The lowest BCUT2D eigenvalue weighted by molar-refractivity contribution is 0.0511. The molecular formula is C19H19NO5. The van der Waals surface area contributed by atoms with Gasteiger partial charge >= 0.3 is 0 Å². The average molecular weight is 341 g/mol. The van der Waals surface area contributed by atoms with Crippen molar-refractivity contribution in [2.24, 2.45) is 0 Å². The molecule has 0 bridgehead atoms. The Morgan fingerprint density at radius 3 is 2.44 bits per heavy atom. The van der Waals surface area contributed by atoms with Gasteiger partial charge in [-0.05, 0) is 23.8 Å². The molecule has 6 heteroatoms. The van der Waals surface area contributed by atoms with Crippen LogP contribution in [0.4, 0.5) is 0 Å². The number of ether oxygens (including phenoxy) is 4. The van der Waals surface area contributed by atoms with Crippen molar-refractivity contribution in [1.29, 1.82) is 0 Å². The maximum absolute atomic E-state index is 11.4. The number of carbonyl (C=O) groups is 1. The summed E-state index contributed by atoms with van der Waals surface area (Å²) >= 11 is 0. The Hall–Kier alpha value is -2.99. The summed E-state index contributed by atoms with van der Waals surface area (Å²) in [5.74, 6) is 1.95. The molecular weight excluding hydrogens is 322 g/mol. The van der Waals surface area contributed by atoms with Gasteiger partial charge in [0.1, 0.15) is 17.2 Å². The second kappa shape index (κ2) is 7.27. The van der Waals surface area contributed by atoms with Crippen molar-refractivity contribution in [3.63, 3.8) is 0 Å². The number of benzene rings is 2. The summed E-state index contributed by atoms with van der Waals surface area (Å²) in [6.07, 6.45) is 2.44. The molecule has 0 amide bonds. The van der Waals surface area contributed by atoms with Crippen molar-refractivity contribution in [3.05, 3.63) is 42.1 Å². The SMILES string of the molecule is COCOc1ccc(-c2cc(OC)c3[nH]cc(C=O)c3c2OC)cc1. The number of methoxy groups -OCH3 is 3. The van der Waals surface area contributed by atoms with Crippen LogP contribution >= 0.6 is 0 Å². The van der Waals surface area contributed by atoms with Crippen molar-refractivity contribution in [2.75, 3.05) is 28.1 Å². The largest absolute Gasteiger partial charge is 0.495 e. The highest BCUT2D eigenvalue weighted by Gasteiger charge is 2.19. The second-order valence-electron chi connectivity index (χ2n) is 5.35. The van der Waals surface area contributed by atoms with Gasteiger partial charge in [-0.3, -0.25) is 4.79 Å². The van der Waals surface area contributed by atoms with Crippen molar-refractivity contribution in [2.45, 2.75) is 0 Å². The Balaban J connectivity index is 2.16. The summed E-state index contributed by atoms with van der Waals surface area (Å²) in [5, 5.41) is 0.701. The zero-order valence-electron chi connectivity index (χ0n) is 14.3. The number of nitrogens with one attached hydrogen (secondary N) is 1. The third kappa shape index (κ3) is 3.04. The van der Waals surface area contributed by atoms with E-state index in [2.05, 4.69) is 4.98 Å². The Bertz CT molecular complexity index is 883. The molecule has 0 saturated heterocycles. The third-order valence-electron chi connectivity index (χ3n) is 3.96. The van der Waals surface area contributed by atoms with Gasteiger partial charge in [-0.25, -0.2) is 0 Å². The van der Waals surface area contributed by atoms with E-state index in [0.29, 0.717) is 28.2 Å². The molecule has 0 radical (unpaired) electrons. The van der Waals surface area contributed by atoms with Crippen LogP contribution in [0, 0.1) is 0 Å². The van der Waals surface area contributed by atoms with Gasteiger partial charge in [0.15, 0.2) is 13.1 Å². The number of carbonyl (C=O) groups excluding carboxylic acids is 1. The highest BCUT2D eigenvalue weighted by Crippen LogP contribution is 2.43. The van der Waals surface area contributed by atoms with E-state index in [1.807, 2.05) is 30.3 Å². The first-order valence-electron chi connectivity index (χ1n) is 7.66. The zero-order chi connectivity index (χ0) is 17.8. The molecule has 1 aromatic heterocycles. The molecule has 130 valence electrons. The normalized spacial score (nSPS) is 10.7. The summed E-state index contributed by atoms with van der Waals surface area (Å²) in [7, 11) is 4.75. The van der Waals surface area contributed by atoms with E-state index >= 15 is 0 Å². The van der Waals surface area contributed by atoms with E-state index in [1.54, 1.807) is 27.5 Å². The van der Waals surface area contributed by atoms with Gasteiger partial charge in [0.2, 0.25) is 0 Å². The van der Waals surface area contributed by atoms with Crippen LogP contribution in [0.1, 0.15) is 10.4 Å². The van der Waals surface area contributed by atoms with Gasteiger partial charge in [0.05, 0.1) is 25.1 Å². The predicted octanol–water partition coefficient (Wildman–Crippen LogP) is 3.65. The summed E-state index contributed by atoms with van der Waals surface area (Å²) in [4.78, 5) is 14.5. The van der Waals surface area contributed by atoms with Crippen LogP contribution in [-0.4, -0.2) is 39.4 Å². The summed E-state index contributed by atoms with van der Waals surface area (Å²) in [6, 6.07) is 9.42. The molecule has 0 aliphatic heterocycles. The van der Waals surface area contributed by atoms with Crippen LogP contribution in [0.2, 0.25) is 0 Å². The third-order valence-corrected chi connectivity index (χ3v) is 3.96. The topological polar surface area (TPSA) is 69.8 Å². The first-order valence-corrected chi connectivity index (χ1v) is 7.66. The Morgan fingerprint density at radius 1 is 1.08 bits per heavy atom. The molecule has 25 heavy (non-hydrogen) atoms. The van der Waals surface area contributed by atoms with Crippen LogP contribution in [-0.2, 0) is 4.74 Å². The lowest BCUT2D eigenvalue weighted by atomic mass is 10.00. The van der Waals surface area contributed by atoms with Crippen molar-refractivity contribution in [3.8, 4) is 28.4 Å². The number of H-pyrrole nitrogens is 1. The van der Waals surface area contributed by atoms with E-state index in [0.717, 1.165) is 22.9 Å². The number of rotatable bonds is 7. The molecule has 0 aliphatic rings. The van der Waals surface area contributed by atoms with Crippen LogP contribution in [0.3, 0.4) is 0 Å². The summed E-state index contributed by atoms with van der Waals surface area (Å²) < 4.78 is 21.4. The van der Waals surface area contributed by atoms with Gasteiger partial charge in [-0.2, -0.15) is 0 Å². The average Bonchev–Trinajstić information content (AvgIpc) is 3.09. The van der Waals surface area contributed by atoms with Gasteiger partial charge < -0.3 is 23.9 Å². The van der Waals surface area contributed by atoms with Gasteiger partial charge in [0, 0.05) is 24.4 Å². The molecule has 2 aromatic carbocycles. The van der Waals surface area contributed by atoms with Gasteiger partial charge in [0.25, 0.3) is 0 Å². The lowest BCUT2D eigenvalue weighted by Crippen LogP contribution is -1.98. The Morgan fingerprint density at radius 2 is 1.84 bits per heavy atom. The number of hydrogen-bond acceptors (Lipinski definition) is 5. The van der Waals surface area contributed by atoms with E-state index in [9.17, 15) is 4.79 Å². The molecule has 0 atom stereocenters. The van der Waals surface area contributed by atoms with Crippen molar-refractivity contribution in [1.82, 2.24) is 4.98 Å².